The third-order valence-electron chi connectivity index (χ3n) is 2.83. The van der Waals surface area contributed by atoms with Crippen molar-refractivity contribution >= 4 is 32.2 Å². The van der Waals surface area contributed by atoms with Crippen molar-refractivity contribution in [3.8, 4) is 0 Å². The van der Waals surface area contributed by atoms with Gasteiger partial charge in [0.1, 0.15) is 5.01 Å². The number of carbonyl (C=O) groups excluding carboxylic acids is 1. The second kappa shape index (κ2) is 7.09. The Hall–Kier alpha value is -1.94. The number of aromatic nitrogens is 2. The van der Waals surface area contributed by atoms with Crippen LogP contribution in [0.15, 0.2) is 29.2 Å². The molecule has 0 aliphatic rings. The first-order chi connectivity index (χ1) is 10.8. The Morgan fingerprint density at radius 2 is 1.91 bits per heavy atom. The Kier molecular flexibility index (Phi) is 5.37. The lowest BCUT2D eigenvalue weighted by molar-refractivity contribution is 0.102. The highest BCUT2D eigenvalue weighted by Crippen LogP contribution is 2.20. The van der Waals surface area contributed by atoms with Gasteiger partial charge in [-0.3, -0.25) is 10.1 Å². The molecular formula is C13H13F2N3O3S2. The van der Waals surface area contributed by atoms with E-state index in [-0.39, 0.29) is 5.56 Å². The van der Waals surface area contributed by atoms with Gasteiger partial charge in [-0.1, -0.05) is 18.3 Å². The van der Waals surface area contributed by atoms with Crippen LogP contribution in [0.2, 0.25) is 0 Å². The lowest BCUT2D eigenvalue weighted by Gasteiger charge is -2.04. The van der Waals surface area contributed by atoms with Crippen molar-refractivity contribution in [1.29, 1.82) is 0 Å². The molecular weight excluding hydrogens is 348 g/mol. The number of amides is 1. The second-order valence-electron chi connectivity index (χ2n) is 4.54. The average Bonchev–Trinajstić information content (AvgIpc) is 2.94. The molecule has 0 aliphatic carbocycles. The van der Waals surface area contributed by atoms with Crippen molar-refractivity contribution in [1.82, 2.24) is 10.2 Å². The van der Waals surface area contributed by atoms with Crippen LogP contribution in [0, 0.1) is 0 Å². The number of rotatable bonds is 6. The van der Waals surface area contributed by atoms with Gasteiger partial charge in [0.05, 0.1) is 4.90 Å². The zero-order chi connectivity index (χ0) is 17.0. The van der Waals surface area contributed by atoms with E-state index in [1.54, 1.807) is 0 Å². The second-order valence-corrected chi connectivity index (χ2v) is 7.51. The fourth-order valence-electron chi connectivity index (χ4n) is 1.69. The van der Waals surface area contributed by atoms with Crippen LogP contribution in [0.1, 0.15) is 28.7 Å². The minimum absolute atomic E-state index is 0.130. The summed E-state index contributed by atoms with van der Waals surface area (Å²) >= 11 is 1.24. The first kappa shape index (κ1) is 17.4. The number of alkyl halides is 2. The number of benzene rings is 1. The lowest BCUT2D eigenvalue weighted by Crippen LogP contribution is -2.14. The summed E-state index contributed by atoms with van der Waals surface area (Å²) in [6.07, 6.45) is 1.66. The molecule has 0 saturated carbocycles. The molecule has 6 nitrogen and oxygen atoms in total. The Bertz CT molecular complexity index is 789. The maximum absolute atomic E-state index is 12.4. The number of hydrogen-bond donors (Lipinski definition) is 1. The zero-order valence-corrected chi connectivity index (χ0v) is 13.6. The molecule has 0 radical (unpaired) electrons. The predicted octanol–water partition coefficient (Wildman–Crippen LogP) is 2.74. The molecule has 10 heteroatoms. The van der Waals surface area contributed by atoms with Gasteiger partial charge in [0, 0.05) is 12.0 Å². The summed E-state index contributed by atoms with van der Waals surface area (Å²) in [4.78, 5) is 11.5. The molecule has 1 aromatic carbocycles. The van der Waals surface area contributed by atoms with Gasteiger partial charge in [-0.15, -0.1) is 10.2 Å². The van der Waals surface area contributed by atoms with Crippen molar-refractivity contribution in [2.24, 2.45) is 0 Å². The summed E-state index contributed by atoms with van der Waals surface area (Å²) in [6.45, 7) is 1.99. The number of anilines is 1. The van der Waals surface area contributed by atoms with Crippen molar-refractivity contribution in [3.63, 3.8) is 0 Å². The van der Waals surface area contributed by atoms with E-state index in [0.29, 0.717) is 5.13 Å². The van der Waals surface area contributed by atoms with Crippen LogP contribution in [-0.2, 0) is 16.3 Å². The van der Waals surface area contributed by atoms with Crippen molar-refractivity contribution in [3.05, 3.63) is 34.8 Å². The number of nitrogens with one attached hydrogen (secondary N) is 1. The molecule has 2 rings (SSSR count). The maximum Gasteiger partial charge on any atom is 0.341 e. The molecule has 0 aliphatic heterocycles. The molecule has 1 heterocycles. The number of aryl methyl sites for hydroxylation is 1. The Morgan fingerprint density at radius 3 is 2.48 bits per heavy atom. The Balaban J connectivity index is 2.11. The van der Waals surface area contributed by atoms with E-state index in [0.717, 1.165) is 30.0 Å². The molecule has 1 N–H and O–H groups in total. The van der Waals surface area contributed by atoms with Crippen LogP contribution < -0.4 is 5.32 Å². The topological polar surface area (TPSA) is 89.0 Å². The average molecular weight is 361 g/mol. The molecule has 0 atom stereocenters. The van der Waals surface area contributed by atoms with Crippen LogP contribution in [0.5, 0.6) is 0 Å². The lowest BCUT2D eigenvalue weighted by atomic mass is 10.2. The molecule has 2 aromatic rings. The third-order valence-corrected chi connectivity index (χ3v) is 5.13. The summed E-state index contributed by atoms with van der Waals surface area (Å²) in [7, 11) is -4.67. The van der Waals surface area contributed by atoms with Crippen LogP contribution in [0.25, 0.3) is 0 Å². The van der Waals surface area contributed by atoms with E-state index in [9.17, 15) is 22.0 Å². The first-order valence-electron chi connectivity index (χ1n) is 6.60. The van der Waals surface area contributed by atoms with E-state index in [4.69, 9.17) is 0 Å². The molecule has 1 aromatic heterocycles. The molecule has 0 saturated heterocycles. The predicted molar refractivity (Wildman–Crippen MR) is 81.5 cm³/mol. The van der Waals surface area contributed by atoms with Crippen molar-refractivity contribution < 1.29 is 22.0 Å². The molecule has 124 valence electrons. The van der Waals surface area contributed by atoms with Crippen LogP contribution in [0.3, 0.4) is 0 Å². The summed E-state index contributed by atoms with van der Waals surface area (Å²) in [5.74, 6) is -4.02. The highest BCUT2D eigenvalue weighted by Gasteiger charge is 2.26. The van der Waals surface area contributed by atoms with E-state index in [1.165, 1.54) is 23.5 Å². The SMILES string of the molecule is CCCc1nnc(NC(=O)c2ccc(S(=O)(=O)C(F)F)cc2)s1. The quantitative estimate of drug-likeness (QED) is 0.854. The van der Waals surface area contributed by atoms with Gasteiger partial charge >= 0.3 is 5.76 Å². The van der Waals surface area contributed by atoms with Gasteiger partial charge in [0.25, 0.3) is 5.91 Å². The zero-order valence-electron chi connectivity index (χ0n) is 12.0. The number of halogens is 2. The normalized spacial score (nSPS) is 11.7. The number of hydrogen-bond acceptors (Lipinski definition) is 6. The summed E-state index contributed by atoms with van der Waals surface area (Å²) in [5, 5.41) is 11.4. The van der Waals surface area contributed by atoms with E-state index in [2.05, 4.69) is 15.5 Å². The van der Waals surface area contributed by atoms with E-state index in [1.807, 2.05) is 6.92 Å². The van der Waals surface area contributed by atoms with Crippen molar-refractivity contribution in [2.75, 3.05) is 5.32 Å². The number of nitrogens with zero attached hydrogens (tertiary/aromatic N) is 2. The highest BCUT2D eigenvalue weighted by molar-refractivity contribution is 7.91. The van der Waals surface area contributed by atoms with Crippen molar-refractivity contribution in [2.45, 2.75) is 30.4 Å². The van der Waals surface area contributed by atoms with Gasteiger partial charge in [0.15, 0.2) is 0 Å². The smallest absolute Gasteiger partial charge is 0.296 e. The molecule has 0 bridgehead atoms. The third kappa shape index (κ3) is 4.08. The highest BCUT2D eigenvalue weighted by atomic mass is 32.2. The molecule has 1 amide bonds. The first-order valence-corrected chi connectivity index (χ1v) is 8.96. The number of carbonyl (C=O) groups is 1. The maximum atomic E-state index is 12.4. The van der Waals surface area contributed by atoms with Gasteiger partial charge in [-0.2, -0.15) is 8.78 Å². The summed E-state index contributed by atoms with van der Waals surface area (Å²) in [6, 6.07) is 4.27. The fraction of sp³-hybridized carbons (Fsp3) is 0.308. The molecule has 0 spiro atoms. The fourth-order valence-corrected chi connectivity index (χ4v) is 3.24. The molecule has 0 fully saturated rings. The monoisotopic (exact) mass is 361 g/mol. The van der Waals surface area contributed by atoms with Gasteiger partial charge < -0.3 is 0 Å². The Morgan fingerprint density at radius 1 is 1.26 bits per heavy atom. The largest absolute Gasteiger partial charge is 0.341 e. The minimum Gasteiger partial charge on any atom is -0.296 e. The molecule has 0 unspecified atom stereocenters. The number of sulfone groups is 1. The summed E-state index contributed by atoms with van der Waals surface area (Å²) in [5.41, 5.74) is 0.130. The van der Waals surface area contributed by atoms with Crippen LogP contribution in [0.4, 0.5) is 13.9 Å². The van der Waals surface area contributed by atoms with Gasteiger partial charge in [-0.05, 0) is 30.7 Å². The Labute approximate surface area is 135 Å². The minimum atomic E-state index is -4.67. The standard InChI is InChI=1S/C13H13F2N3O3S2/c1-2-3-10-17-18-13(22-10)16-11(19)8-4-6-9(7-5-8)23(20,21)12(14)15/h4-7,12H,2-3H2,1H3,(H,16,18,19). The van der Waals surface area contributed by atoms with Crippen LogP contribution >= 0.6 is 11.3 Å². The van der Waals surface area contributed by atoms with Gasteiger partial charge in [-0.25, -0.2) is 8.42 Å². The van der Waals surface area contributed by atoms with E-state index < -0.39 is 26.4 Å². The van der Waals surface area contributed by atoms with Crippen LogP contribution in [-0.4, -0.2) is 30.3 Å². The molecule has 23 heavy (non-hydrogen) atoms. The van der Waals surface area contributed by atoms with E-state index >= 15 is 0 Å². The summed E-state index contributed by atoms with van der Waals surface area (Å²) < 4.78 is 47.5. The van der Waals surface area contributed by atoms with Gasteiger partial charge in [0.2, 0.25) is 15.0 Å².